The molecule has 1 N–H and O–H groups in total. The van der Waals surface area contributed by atoms with Crippen molar-refractivity contribution >= 4 is 17.5 Å². The monoisotopic (exact) mass is 364 g/mol. The van der Waals surface area contributed by atoms with Gasteiger partial charge in [0.2, 0.25) is 0 Å². The zero-order valence-electron chi connectivity index (χ0n) is 16.3. The summed E-state index contributed by atoms with van der Waals surface area (Å²) >= 11 is 0. The lowest BCUT2D eigenvalue weighted by Crippen LogP contribution is -2.52. The van der Waals surface area contributed by atoms with Crippen LogP contribution in [0.1, 0.15) is 72.1 Å². The highest BCUT2D eigenvalue weighted by molar-refractivity contribution is 5.92. The van der Waals surface area contributed by atoms with E-state index in [2.05, 4.69) is 6.92 Å². The van der Waals surface area contributed by atoms with Crippen LogP contribution < -0.4 is 0 Å². The number of carbonyl (C=O) groups excluding carboxylic acids is 3. The Bertz CT molecular complexity index is 599. The van der Waals surface area contributed by atoms with Crippen LogP contribution in [0.5, 0.6) is 0 Å². The maximum absolute atomic E-state index is 13.5. The summed E-state index contributed by atoms with van der Waals surface area (Å²) in [7, 11) is 0. The van der Waals surface area contributed by atoms with E-state index in [1.807, 2.05) is 6.92 Å². The van der Waals surface area contributed by atoms with Gasteiger partial charge in [0.1, 0.15) is 17.7 Å². The van der Waals surface area contributed by atoms with Crippen molar-refractivity contribution < 1.29 is 24.2 Å². The molecule has 0 aromatic rings. The predicted octanol–water partition coefficient (Wildman–Crippen LogP) is 3.07. The fourth-order valence-electron chi connectivity index (χ4n) is 6.08. The predicted molar refractivity (Wildman–Crippen MR) is 96.3 cm³/mol. The quantitative estimate of drug-likeness (QED) is 0.776. The number of ketones is 2. The molecule has 5 nitrogen and oxygen atoms in total. The molecule has 146 valence electrons. The minimum atomic E-state index is -0.562. The smallest absolute Gasteiger partial charge is 0.302 e. The Kier molecular flexibility index (Phi) is 5.31. The molecule has 0 amide bonds. The third-order valence-electron chi connectivity index (χ3n) is 7.75. The van der Waals surface area contributed by atoms with Gasteiger partial charge in [0.25, 0.3) is 0 Å². The van der Waals surface area contributed by atoms with Crippen molar-refractivity contribution in [3.05, 3.63) is 0 Å². The Morgan fingerprint density at radius 1 is 1.19 bits per heavy atom. The number of Topliss-reactive ketones (excluding diaryl/α,β-unsaturated/α-hetero) is 2. The number of carbonyl (C=O) groups is 3. The summed E-state index contributed by atoms with van der Waals surface area (Å²) in [6.45, 7) is 5.46. The second kappa shape index (κ2) is 7.06. The van der Waals surface area contributed by atoms with Crippen LogP contribution in [0, 0.1) is 28.6 Å². The van der Waals surface area contributed by atoms with Crippen LogP contribution in [0.3, 0.4) is 0 Å². The average molecular weight is 364 g/mol. The van der Waals surface area contributed by atoms with Crippen molar-refractivity contribution in [2.24, 2.45) is 28.6 Å². The third-order valence-corrected chi connectivity index (χ3v) is 7.75. The fourth-order valence-corrected chi connectivity index (χ4v) is 6.08. The van der Waals surface area contributed by atoms with E-state index in [-0.39, 0.29) is 47.6 Å². The first-order valence-electron chi connectivity index (χ1n) is 10.1. The van der Waals surface area contributed by atoms with Crippen LogP contribution in [-0.4, -0.2) is 35.4 Å². The van der Waals surface area contributed by atoms with E-state index in [0.29, 0.717) is 18.6 Å². The van der Waals surface area contributed by atoms with Gasteiger partial charge >= 0.3 is 5.97 Å². The van der Waals surface area contributed by atoms with E-state index in [4.69, 9.17) is 4.74 Å². The van der Waals surface area contributed by atoms with Crippen molar-refractivity contribution in [1.82, 2.24) is 0 Å². The maximum Gasteiger partial charge on any atom is 0.302 e. The van der Waals surface area contributed by atoms with Crippen LogP contribution in [0.15, 0.2) is 0 Å². The van der Waals surface area contributed by atoms with Crippen molar-refractivity contribution in [2.45, 2.75) is 78.2 Å². The van der Waals surface area contributed by atoms with E-state index in [1.54, 1.807) is 0 Å². The second-order valence-corrected chi connectivity index (χ2v) is 9.13. The molecule has 3 saturated carbocycles. The van der Waals surface area contributed by atoms with Crippen molar-refractivity contribution in [1.29, 1.82) is 0 Å². The minimum Gasteiger partial charge on any atom is -0.463 e. The fraction of sp³-hybridized carbons (Fsp3) is 0.857. The van der Waals surface area contributed by atoms with E-state index < -0.39 is 5.41 Å². The number of hydrogen-bond donors (Lipinski definition) is 1. The maximum atomic E-state index is 13.5. The molecule has 6 atom stereocenters. The SMILES string of the molecule is CC(=O)O[C@H]1CC[C@]2(C)C(=O)[C@H]([C@@H]3CCC(=O)[C@@]3(C)CCO)CC[C@H]2C1. The summed E-state index contributed by atoms with van der Waals surface area (Å²) in [4.78, 5) is 37.3. The molecule has 3 aliphatic carbocycles. The van der Waals surface area contributed by atoms with Crippen LogP contribution in [-0.2, 0) is 19.1 Å². The van der Waals surface area contributed by atoms with Gasteiger partial charge in [-0.2, -0.15) is 0 Å². The molecule has 3 rings (SSSR count). The van der Waals surface area contributed by atoms with E-state index in [0.717, 1.165) is 38.5 Å². The largest absolute Gasteiger partial charge is 0.463 e. The minimum absolute atomic E-state index is 0.0103. The molecule has 0 unspecified atom stereocenters. The molecule has 0 aromatic heterocycles. The van der Waals surface area contributed by atoms with Gasteiger partial charge in [-0.3, -0.25) is 14.4 Å². The van der Waals surface area contributed by atoms with Gasteiger partial charge in [-0.05, 0) is 56.8 Å². The first kappa shape index (κ1) is 19.5. The Hall–Kier alpha value is -1.23. The highest BCUT2D eigenvalue weighted by Crippen LogP contribution is 2.56. The van der Waals surface area contributed by atoms with Gasteiger partial charge in [0.05, 0.1) is 0 Å². The molecular formula is C21H32O5. The molecule has 0 saturated heterocycles. The lowest BCUT2D eigenvalue weighted by atomic mass is 9.53. The molecular weight excluding hydrogens is 332 g/mol. The van der Waals surface area contributed by atoms with Crippen LogP contribution in [0.25, 0.3) is 0 Å². The number of aliphatic hydroxyl groups is 1. The summed E-state index contributed by atoms with van der Waals surface area (Å²) in [5, 5.41) is 9.45. The molecule has 0 bridgehead atoms. The summed E-state index contributed by atoms with van der Waals surface area (Å²) in [6, 6.07) is 0. The lowest BCUT2D eigenvalue weighted by Gasteiger charge is -2.50. The number of fused-ring (bicyclic) bond motifs is 1. The van der Waals surface area contributed by atoms with Crippen LogP contribution in [0.2, 0.25) is 0 Å². The van der Waals surface area contributed by atoms with Crippen LogP contribution in [0.4, 0.5) is 0 Å². The average Bonchev–Trinajstić information content (AvgIpc) is 2.85. The zero-order chi connectivity index (χ0) is 19.1. The van der Waals surface area contributed by atoms with Gasteiger partial charge in [-0.15, -0.1) is 0 Å². The van der Waals surface area contributed by atoms with Crippen molar-refractivity contribution in [2.75, 3.05) is 6.61 Å². The normalized spacial score (nSPS) is 43.2. The van der Waals surface area contributed by atoms with Crippen molar-refractivity contribution in [3.8, 4) is 0 Å². The van der Waals surface area contributed by atoms with E-state index in [1.165, 1.54) is 6.92 Å². The Balaban J connectivity index is 1.77. The first-order valence-corrected chi connectivity index (χ1v) is 10.1. The summed E-state index contributed by atoms with van der Waals surface area (Å²) < 4.78 is 5.40. The lowest BCUT2D eigenvalue weighted by molar-refractivity contribution is -0.158. The molecule has 0 aromatic carbocycles. The molecule has 3 fully saturated rings. The highest BCUT2D eigenvalue weighted by Gasteiger charge is 2.57. The van der Waals surface area contributed by atoms with Crippen LogP contribution >= 0.6 is 0 Å². The summed E-state index contributed by atoms with van der Waals surface area (Å²) in [6.07, 6.45) is 5.70. The first-order chi connectivity index (χ1) is 12.2. The topological polar surface area (TPSA) is 80.7 Å². The molecule has 3 aliphatic rings. The Labute approximate surface area is 155 Å². The Morgan fingerprint density at radius 3 is 2.58 bits per heavy atom. The van der Waals surface area contributed by atoms with Gasteiger partial charge < -0.3 is 9.84 Å². The zero-order valence-corrected chi connectivity index (χ0v) is 16.3. The summed E-state index contributed by atoms with van der Waals surface area (Å²) in [5.41, 5.74) is -0.932. The number of ether oxygens (including phenoxy) is 1. The highest BCUT2D eigenvalue weighted by atomic mass is 16.5. The van der Waals surface area contributed by atoms with Gasteiger partial charge in [-0.25, -0.2) is 0 Å². The van der Waals surface area contributed by atoms with E-state index in [9.17, 15) is 19.5 Å². The van der Waals surface area contributed by atoms with Gasteiger partial charge in [-0.1, -0.05) is 13.8 Å². The molecule has 0 radical (unpaired) electrons. The van der Waals surface area contributed by atoms with E-state index >= 15 is 0 Å². The van der Waals surface area contributed by atoms with Crippen molar-refractivity contribution in [3.63, 3.8) is 0 Å². The second-order valence-electron chi connectivity index (χ2n) is 9.13. The Morgan fingerprint density at radius 2 is 1.92 bits per heavy atom. The molecule has 0 heterocycles. The number of esters is 1. The third kappa shape index (κ3) is 3.12. The molecule has 0 aliphatic heterocycles. The molecule has 26 heavy (non-hydrogen) atoms. The molecule has 0 spiro atoms. The summed E-state index contributed by atoms with van der Waals surface area (Å²) in [5.74, 6) is 0.491. The number of hydrogen-bond acceptors (Lipinski definition) is 5. The van der Waals surface area contributed by atoms with Gasteiger partial charge in [0, 0.05) is 36.7 Å². The standard InChI is InChI=1S/C21H32O5/c1-13(23)26-15-8-9-20(2)14(12-15)4-5-16(19(20)25)17-6-7-18(24)21(17,3)10-11-22/h14-17,22H,4-12H2,1-3H3/t14-,15-,16-,17-,20-,21-/m0/s1. The van der Waals surface area contributed by atoms with Gasteiger partial charge in [0.15, 0.2) is 0 Å². The number of rotatable bonds is 4. The number of aliphatic hydroxyl groups excluding tert-OH is 1. The molecule has 5 heteroatoms.